The maximum Gasteiger partial charge on any atom is 0.316 e. The van der Waals surface area contributed by atoms with Gasteiger partial charge in [0.1, 0.15) is 5.75 Å². The Kier molecular flexibility index (Phi) is 7.38. The Morgan fingerprint density at radius 1 is 1.07 bits per heavy atom. The van der Waals surface area contributed by atoms with Gasteiger partial charge >= 0.3 is 5.97 Å². The van der Waals surface area contributed by atoms with Gasteiger partial charge in [-0.1, -0.05) is 52.6 Å². The molecular formula is C18H12Cl3N3O4S. The van der Waals surface area contributed by atoms with Crippen LogP contribution in [-0.2, 0) is 14.3 Å². The van der Waals surface area contributed by atoms with Crippen LogP contribution in [-0.4, -0.2) is 34.4 Å². The van der Waals surface area contributed by atoms with Crippen LogP contribution in [0.25, 0.3) is 11.5 Å². The minimum Gasteiger partial charge on any atom is -0.455 e. The Hall–Kier alpha value is -2.26. The van der Waals surface area contributed by atoms with E-state index in [9.17, 15) is 9.59 Å². The van der Waals surface area contributed by atoms with E-state index in [4.69, 9.17) is 44.0 Å². The number of carbonyl (C=O) groups excluding carboxylic acids is 2. The monoisotopic (exact) mass is 471 g/mol. The molecule has 0 saturated carbocycles. The number of halogens is 3. The van der Waals surface area contributed by atoms with Gasteiger partial charge in [0.05, 0.1) is 15.7 Å². The van der Waals surface area contributed by atoms with Crippen molar-refractivity contribution in [2.24, 2.45) is 0 Å². The first kappa shape index (κ1) is 21.4. The van der Waals surface area contributed by atoms with Gasteiger partial charge in [-0.05, 0) is 36.4 Å². The Bertz CT molecular complexity index is 1030. The normalized spacial score (nSPS) is 10.6. The summed E-state index contributed by atoms with van der Waals surface area (Å²) < 4.78 is 10.4. The smallest absolute Gasteiger partial charge is 0.316 e. The zero-order chi connectivity index (χ0) is 20.8. The summed E-state index contributed by atoms with van der Waals surface area (Å²) in [5.41, 5.74) is 1.03. The lowest BCUT2D eigenvalue weighted by atomic mass is 10.2. The maximum atomic E-state index is 11.9. The first-order valence-corrected chi connectivity index (χ1v) is 10.2. The lowest BCUT2D eigenvalue weighted by molar-refractivity contribution is -0.144. The van der Waals surface area contributed by atoms with Crippen molar-refractivity contribution < 1.29 is 18.7 Å². The van der Waals surface area contributed by atoms with Crippen molar-refractivity contribution in [2.45, 2.75) is 5.22 Å². The van der Waals surface area contributed by atoms with Gasteiger partial charge in [-0.25, -0.2) is 0 Å². The topological polar surface area (TPSA) is 94.3 Å². The second kappa shape index (κ2) is 9.98. The summed E-state index contributed by atoms with van der Waals surface area (Å²) in [7, 11) is 0. The highest BCUT2D eigenvalue weighted by atomic mass is 35.5. The summed E-state index contributed by atoms with van der Waals surface area (Å²) in [6.45, 7) is -0.470. The number of thioether (sulfide) groups is 1. The molecule has 0 aliphatic heterocycles. The molecule has 0 aliphatic rings. The van der Waals surface area contributed by atoms with Gasteiger partial charge in [-0.3, -0.25) is 9.59 Å². The Labute approximate surface area is 184 Å². The average molecular weight is 473 g/mol. The van der Waals surface area contributed by atoms with Crippen LogP contribution in [0.4, 0.5) is 5.69 Å². The molecule has 0 radical (unpaired) electrons. The summed E-state index contributed by atoms with van der Waals surface area (Å²) in [5.74, 6) is -0.966. The number of benzene rings is 2. The number of carbonyl (C=O) groups is 2. The molecule has 0 spiro atoms. The van der Waals surface area contributed by atoms with Gasteiger partial charge in [-0.15, -0.1) is 10.2 Å². The van der Waals surface area contributed by atoms with E-state index in [1.165, 1.54) is 0 Å². The molecule has 0 unspecified atom stereocenters. The van der Waals surface area contributed by atoms with Crippen LogP contribution in [0.5, 0.6) is 0 Å². The molecule has 1 N–H and O–H groups in total. The van der Waals surface area contributed by atoms with Crippen molar-refractivity contribution in [3.05, 3.63) is 57.5 Å². The SMILES string of the molecule is O=C(COC(=O)CSc1nnc(-c2ccc(Cl)cc2)o1)Nc1cccc(Cl)c1Cl. The summed E-state index contributed by atoms with van der Waals surface area (Å²) in [5, 5.41) is 11.6. The van der Waals surface area contributed by atoms with E-state index < -0.39 is 18.5 Å². The van der Waals surface area contributed by atoms with Gasteiger partial charge in [0.15, 0.2) is 6.61 Å². The van der Waals surface area contributed by atoms with Crippen molar-refractivity contribution in [1.82, 2.24) is 10.2 Å². The van der Waals surface area contributed by atoms with E-state index in [0.29, 0.717) is 27.2 Å². The highest BCUT2D eigenvalue weighted by Crippen LogP contribution is 2.29. The van der Waals surface area contributed by atoms with Gasteiger partial charge in [-0.2, -0.15) is 0 Å². The number of ether oxygens (including phenoxy) is 1. The predicted molar refractivity (Wildman–Crippen MR) is 112 cm³/mol. The second-order valence-corrected chi connectivity index (χ2v) is 7.63. The second-order valence-electron chi connectivity index (χ2n) is 5.48. The Morgan fingerprint density at radius 3 is 2.59 bits per heavy atom. The van der Waals surface area contributed by atoms with Crippen LogP contribution in [0.15, 0.2) is 52.1 Å². The largest absolute Gasteiger partial charge is 0.455 e. The molecule has 7 nitrogen and oxygen atoms in total. The lowest BCUT2D eigenvalue weighted by Gasteiger charge is -2.08. The average Bonchev–Trinajstić information content (AvgIpc) is 3.18. The van der Waals surface area contributed by atoms with E-state index in [2.05, 4.69) is 15.5 Å². The molecule has 11 heteroatoms. The van der Waals surface area contributed by atoms with E-state index in [1.807, 2.05) is 0 Å². The minimum absolute atomic E-state index is 0.104. The number of anilines is 1. The van der Waals surface area contributed by atoms with E-state index in [1.54, 1.807) is 42.5 Å². The molecule has 0 atom stereocenters. The van der Waals surface area contributed by atoms with Crippen LogP contribution < -0.4 is 5.32 Å². The fourth-order valence-corrected chi connectivity index (χ4v) is 3.11. The predicted octanol–water partition coefficient (Wildman–Crippen LogP) is 4.97. The molecule has 1 aromatic heterocycles. The van der Waals surface area contributed by atoms with Crippen molar-refractivity contribution >= 4 is 64.1 Å². The Balaban J connectivity index is 1.45. The molecule has 0 fully saturated rings. The highest BCUT2D eigenvalue weighted by Gasteiger charge is 2.14. The highest BCUT2D eigenvalue weighted by molar-refractivity contribution is 7.99. The fourth-order valence-electron chi connectivity index (χ4n) is 2.07. The molecular weight excluding hydrogens is 461 g/mol. The third kappa shape index (κ3) is 6.11. The number of rotatable bonds is 7. The van der Waals surface area contributed by atoms with Crippen molar-refractivity contribution in [1.29, 1.82) is 0 Å². The van der Waals surface area contributed by atoms with E-state index >= 15 is 0 Å². The third-order valence-corrected chi connectivity index (χ3v) is 5.26. The van der Waals surface area contributed by atoms with E-state index in [0.717, 1.165) is 11.8 Å². The molecule has 3 rings (SSSR count). The maximum absolute atomic E-state index is 11.9. The van der Waals surface area contributed by atoms with Gasteiger partial charge in [0.25, 0.3) is 11.1 Å². The zero-order valence-corrected chi connectivity index (χ0v) is 17.6. The molecule has 3 aromatic rings. The summed E-state index contributed by atoms with van der Waals surface area (Å²) in [4.78, 5) is 23.7. The molecule has 0 aliphatic carbocycles. The molecule has 29 heavy (non-hydrogen) atoms. The first-order valence-electron chi connectivity index (χ1n) is 8.04. The van der Waals surface area contributed by atoms with Crippen LogP contribution in [0.1, 0.15) is 0 Å². The number of hydrogen-bond donors (Lipinski definition) is 1. The molecule has 1 amide bonds. The lowest BCUT2D eigenvalue weighted by Crippen LogP contribution is -2.21. The summed E-state index contributed by atoms with van der Waals surface area (Å²) >= 11 is 18.7. The van der Waals surface area contributed by atoms with Crippen LogP contribution in [0, 0.1) is 0 Å². The quantitative estimate of drug-likeness (QED) is 0.383. The van der Waals surface area contributed by atoms with E-state index in [-0.39, 0.29) is 16.0 Å². The molecule has 1 heterocycles. The third-order valence-electron chi connectivity index (χ3n) is 3.40. The molecule has 2 aromatic carbocycles. The molecule has 0 bridgehead atoms. The van der Waals surface area contributed by atoms with Crippen LogP contribution >= 0.6 is 46.6 Å². The number of hydrogen-bond acceptors (Lipinski definition) is 7. The van der Waals surface area contributed by atoms with Crippen molar-refractivity contribution in [3.8, 4) is 11.5 Å². The number of amides is 1. The summed E-state index contributed by atoms with van der Waals surface area (Å²) in [6.07, 6.45) is 0. The zero-order valence-electron chi connectivity index (χ0n) is 14.5. The molecule has 150 valence electrons. The fraction of sp³-hybridized carbons (Fsp3) is 0.111. The van der Waals surface area contributed by atoms with Gasteiger partial charge < -0.3 is 14.5 Å². The van der Waals surface area contributed by atoms with Crippen molar-refractivity contribution in [3.63, 3.8) is 0 Å². The molecule has 0 saturated heterocycles. The van der Waals surface area contributed by atoms with Gasteiger partial charge in [0, 0.05) is 10.6 Å². The van der Waals surface area contributed by atoms with Crippen molar-refractivity contribution in [2.75, 3.05) is 17.7 Å². The summed E-state index contributed by atoms with van der Waals surface area (Å²) in [6, 6.07) is 11.7. The number of esters is 1. The number of nitrogens with zero attached hydrogens (tertiary/aromatic N) is 2. The van der Waals surface area contributed by atoms with Gasteiger partial charge in [0.2, 0.25) is 5.89 Å². The first-order chi connectivity index (χ1) is 13.9. The Morgan fingerprint density at radius 2 is 1.83 bits per heavy atom. The number of aromatic nitrogens is 2. The standard InChI is InChI=1S/C18H12Cl3N3O4S/c19-11-6-4-10(5-7-11)17-23-24-18(28-17)29-9-15(26)27-8-14(25)22-13-3-1-2-12(20)16(13)21/h1-7H,8-9H2,(H,22,25). The minimum atomic E-state index is -0.617. The number of nitrogens with one attached hydrogen (secondary N) is 1. The van der Waals surface area contributed by atoms with Crippen LogP contribution in [0.2, 0.25) is 15.1 Å². The van der Waals surface area contributed by atoms with Crippen LogP contribution in [0.3, 0.4) is 0 Å².